The molecule has 27 heavy (non-hydrogen) atoms. The summed E-state index contributed by atoms with van der Waals surface area (Å²) in [5.74, 6) is -1.46. The fraction of sp³-hybridized carbons (Fsp3) is 0.500. The highest BCUT2D eigenvalue weighted by molar-refractivity contribution is 6.01. The van der Waals surface area contributed by atoms with Gasteiger partial charge >= 0.3 is 0 Å². The van der Waals surface area contributed by atoms with Gasteiger partial charge < -0.3 is 20.9 Å². The van der Waals surface area contributed by atoms with Crippen molar-refractivity contribution in [2.75, 3.05) is 38.5 Å². The smallest absolute Gasteiger partial charge is 0.295 e. The average Bonchev–Trinajstić information content (AvgIpc) is 2.63. The third-order valence-electron chi connectivity index (χ3n) is 4.80. The molecule has 0 aliphatic carbocycles. The molecule has 2 fully saturated rings. The standard InChI is InChI=1S/C16H20FN5O4.ClH/c17-10-6-12(15(18)13(7-10)22(25)26)16(24)20-4-1-2-11(9-20)21-5-3-19-8-14(21)23;/h6-7,11,19H,1-5,8-9,18H2;1H. The molecule has 11 heteroatoms. The van der Waals surface area contributed by atoms with Gasteiger partial charge in [0.05, 0.1) is 23.1 Å². The van der Waals surface area contributed by atoms with E-state index in [9.17, 15) is 24.1 Å². The lowest BCUT2D eigenvalue weighted by Crippen LogP contribution is -2.57. The third-order valence-corrected chi connectivity index (χ3v) is 4.80. The first-order chi connectivity index (χ1) is 12.4. The van der Waals surface area contributed by atoms with Crippen molar-refractivity contribution in [2.45, 2.75) is 18.9 Å². The van der Waals surface area contributed by atoms with E-state index in [1.54, 1.807) is 4.90 Å². The maximum Gasteiger partial charge on any atom is 0.295 e. The van der Waals surface area contributed by atoms with Crippen LogP contribution in [0.25, 0.3) is 0 Å². The van der Waals surface area contributed by atoms with Crippen LogP contribution >= 0.6 is 12.4 Å². The number of nitro benzene ring substituents is 1. The normalized spacial score (nSPS) is 20.2. The van der Waals surface area contributed by atoms with Crippen LogP contribution in [0.3, 0.4) is 0 Å². The minimum absolute atomic E-state index is 0. The Balaban J connectivity index is 0.00000261. The highest BCUT2D eigenvalue weighted by atomic mass is 35.5. The molecule has 9 nitrogen and oxygen atoms in total. The number of halogens is 2. The Kier molecular flexibility index (Phi) is 6.55. The number of nitrogens with zero attached hydrogens (tertiary/aromatic N) is 3. The van der Waals surface area contributed by atoms with Gasteiger partial charge in [-0.3, -0.25) is 19.7 Å². The van der Waals surface area contributed by atoms with Crippen LogP contribution in [0, 0.1) is 15.9 Å². The predicted molar refractivity (Wildman–Crippen MR) is 98.2 cm³/mol. The summed E-state index contributed by atoms with van der Waals surface area (Å²) in [6, 6.07) is 1.50. The Morgan fingerprint density at radius 3 is 2.78 bits per heavy atom. The number of benzene rings is 1. The van der Waals surface area contributed by atoms with E-state index < -0.39 is 22.3 Å². The largest absolute Gasteiger partial charge is 0.393 e. The summed E-state index contributed by atoms with van der Waals surface area (Å²) < 4.78 is 13.7. The number of hydrogen-bond acceptors (Lipinski definition) is 6. The summed E-state index contributed by atoms with van der Waals surface area (Å²) in [5.41, 5.74) is 4.54. The summed E-state index contributed by atoms with van der Waals surface area (Å²) in [6.07, 6.45) is 1.46. The van der Waals surface area contributed by atoms with Gasteiger partial charge in [-0.15, -0.1) is 12.4 Å². The van der Waals surface area contributed by atoms with Crippen LogP contribution in [0.1, 0.15) is 23.2 Å². The van der Waals surface area contributed by atoms with Crippen LogP contribution in [0.15, 0.2) is 12.1 Å². The number of piperazine rings is 1. The van der Waals surface area contributed by atoms with E-state index >= 15 is 0 Å². The number of rotatable bonds is 3. The van der Waals surface area contributed by atoms with Crippen molar-refractivity contribution in [1.82, 2.24) is 15.1 Å². The van der Waals surface area contributed by atoms with Crippen molar-refractivity contribution in [2.24, 2.45) is 0 Å². The molecular weight excluding hydrogens is 381 g/mol. The van der Waals surface area contributed by atoms with Gasteiger partial charge in [-0.25, -0.2) is 4.39 Å². The predicted octanol–water partition coefficient (Wildman–Crippen LogP) is 0.774. The number of nitrogens with one attached hydrogen (secondary N) is 1. The van der Waals surface area contributed by atoms with Gasteiger partial charge in [0.15, 0.2) is 0 Å². The minimum Gasteiger partial charge on any atom is -0.393 e. The summed E-state index contributed by atoms with van der Waals surface area (Å²) >= 11 is 0. The zero-order chi connectivity index (χ0) is 18.8. The van der Waals surface area contributed by atoms with Crippen molar-refractivity contribution in [1.29, 1.82) is 0 Å². The molecule has 1 aromatic rings. The number of hydrogen-bond donors (Lipinski definition) is 2. The second-order valence-corrected chi connectivity index (χ2v) is 6.45. The second kappa shape index (κ2) is 8.49. The number of nitro groups is 1. The van der Waals surface area contributed by atoms with Gasteiger partial charge in [-0.2, -0.15) is 0 Å². The zero-order valence-corrected chi connectivity index (χ0v) is 15.3. The molecule has 0 radical (unpaired) electrons. The zero-order valence-electron chi connectivity index (χ0n) is 14.5. The monoisotopic (exact) mass is 401 g/mol. The molecule has 2 aliphatic rings. The molecule has 2 amide bonds. The molecule has 2 saturated heterocycles. The van der Waals surface area contributed by atoms with E-state index in [0.717, 1.165) is 12.5 Å². The highest BCUT2D eigenvalue weighted by Crippen LogP contribution is 2.29. The summed E-state index contributed by atoms with van der Waals surface area (Å²) in [6.45, 7) is 2.26. The molecule has 0 bridgehead atoms. The van der Waals surface area contributed by atoms with Crippen molar-refractivity contribution < 1.29 is 18.9 Å². The van der Waals surface area contributed by atoms with E-state index in [2.05, 4.69) is 5.32 Å². The number of likely N-dealkylation sites (tertiary alicyclic amines) is 1. The first-order valence-electron chi connectivity index (χ1n) is 8.41. The van der Waals surface area contributed by atoms with Crippen LogP contribution in [0.5, 0.6) is 0 Å². The Morgan fingerprint density at radius 1 is 1.37 bits per heavy atom. The molecule has 0 saturated carbocycles. The van der Waals surface area contributed by atoms with Gasteiger partial charge in [0.2, 0.25) is 5.91 Å². The molecule has 0 spiro atoms. The van der Waals surface area contributed by atoms with Crippen LogP contribution < -0.4 is 11.1 Å². The summed E-state index contributed by atoms with van der Waals surface area (Å²) in [7, 11) is 0. The summed E-state index contributed by atoms with van der Waals surface area (Å²) in [4.78, 5) is 38.3. The van der Waals surface area contributed by atoms with Crippen LogP contribution in [0.2, 0.25) is 0 Å². The van der Waals surface area contributed by atoms with Crippen LogP contribution in [-0.4, -0.2) is 65.3 Å². The minimum atomic E-state index is -0.889. The molecule has 148 valence electrons. The number of nitrogens with two attached hydrogens (primary N) is 1. The van der Waals surface area contributed by atoms with Crippen molar-refractivity contribution in [3.05, 3.63) is 33.6 Å². The SMILES string of the molecule is Cl.Nc1c(C(=O)N2CCCC(N3CCNCC3=O)C2)cc(F)cc1[N+](=O)[O-]. The topological polar surface area (TPSA) is 122 Å². The maximum atomic E-state index is 13.7. The lowest BCUT2D eigenvalue weighted by atomic mass is 10.0. The molecule has 2 heterocycles. The van der Waals surface area contributed by atoms with Crippen molar-refractivity contribution in [3.63, 3.8) is 0 Å². The lowest BCUT2D eigenvalue weighted by molar-refractivity contribution is -0.384. The van der Waals surface area contributed by atoms with Gasteiger partial charge in [0, 0.05) is 32.2 Å². The average molecular weight is 402 g/mol. The van der Waals surface area contributed by atoms with Crippen molar-refractivity contribution in [3.8, 4) is 0 Å². The summed E-state index contributed by atoms with van der Waals surface area (Å²) in [5, 5.41) is 14.0. The Labute approximate surface area is 161 Å². The van der Waals surface area contributed by atoms with Crippen molar-refractivity contribution >= 4 is 35.6 Å². The number of anilines is 1. The molecule has 2 aliphatic heterocycles. The van der Waals surface area contributed by atoms with Crippen LogP contribution in [0.4, 0.5) is 15.8 Å². The Bertz CT molecular complexity index is 763. The number of carbonyl (C=O) groups excluding carboxylic acids is 2. The third kappa shape index (κ3) is 4.28. The molecular formula is C16H21ClFN5O4. The quantitative estimate of drug-likeness (QED) is 0.438. The van der Waals surface area contributed by atoms with Crippen LogP contribution in [-0.2, 0) is 4.79 Å². The van der Waals surface area contributed by atoms with E-state index in [4.69, 9.17) is 5.73 Å². The first-order valence-corrected chi connectivity index (χ1v) is 8.41. The van der Waals surface area contributed by atoms with Gasteiger partial charge in [-0.05, 0) is 18.9 Å². The number of amides is 2. The van der Waals surface area contributed by atoms with Gasteiger partial charge in [-0.1, -0.05) is 0 Å². The Morgan fingerprint density at radius 2 is 2.11 bits per heavy atom. The van der Waals surface area contributed by atoms with Gasteiger partial charge in [0.25, 0.3) is 11.6 Å². The fourth-order valence-corrected chi connectivity index (χ4v) is 3.50. The molecule has 3 N–H and O–H groups in total. The molecule has 1 atom stereocenters. The molecule has 0 aromatic heterocycles. The van der Waals surface area contributed by atoms with E-state index in [1.165, 1.54) is 4.90 Å². The molecule has 3 rings (SSSR count). The molecule has 1 unspecified atom stereocenters. The number of piperidine rings is 1. The second-order valence-electron chi connectivity index (χ2n) is 6.45. The highest BCUT2D eigenvalue weighted by Gasteiger charge is 2.33. The van der Waals surface area contributed by atoms with E-state index in [0.29, 0.717) is 38.7 Å². The lowest BCUT2D eigenvalue weighted by Gasteiger charge is -2.41. The van der Waals surface area contributed by atoms with Gasteiger partial charge in [0.1, 0.15) is 11.5 Å². The number of nitrogen functional groups attached to an aromatic ring is 1. The number of carbonyl (C=O) groups is 2. The van der Waals surface area contributed by atoms with E-state index in [-0.39, 0.29) is 42.2 Å². The van der Waals surface area contributed by atoms with E-state index in [1.807, 2.05) is 0 Å². The molecule has 1 aromatic carbocycles. The Hall–Kier alpha value is -2.46. The maximum absolute atomic E-state index is 13.7. The fourth-order valence-electron chi connectivity index (χ4n) is 3.50. The first kappa shape index (κ1) is 20.8.